The Balaban J connectivity index is 1.93. The van der Waals surface area contributed by atoms with Crippen molar-refractivity contribution in [3.8, 4) is 0 Å². The monoisotopic (exact) mass is 276 g/mol. The lowest BCUT2D eigenvalue weighted by molar-refractivity contribution is 0.112. The molecule has 1 N–H and O–H groups in total. The van der Waals surface area contributed by atoms with Crippen molar-refractivity contribution in [1.29, 1.82) is 0 Å². The van der Waals surface area contributed by atoms with Crippen molar-refractivity contribution in [2.75, 3.05) is 33.7 Å². The van der Waals surface area contributed by atoms with Crippen LogP contribution in [0.1, 0.15) is 35.6 Å². The molecule has 1 fully saturated rings. The van der Waals surface area contributed by atoms with Crippen molar-refractivity contribution in [3.63, 3.8) is 0 Å². The van der Waals surface area contributed by atoms with Crippen molar-refractivity contribution in [1.82, 2.24) is 9.80 Å². The Morgan fingerprint density at radius 2 is 2.15 bits per heavy atom. The van der Waals surface area contributed by atoms with E-state index < -0.39 is 6.10 Å². The second-order valence-corrected chi connectivity index (χ2v) is 6.37. The van der Waals surface area contributed by atoms with Gasteiger partial charge in [-0.25, -0.2) is 0 Å². The molecular formula is C17H28N2O. The van der Waals surface area contributed by atoms with Crippen molar-refractivity contribution in [3.05, 3.63) is 34.9 Å². The first-order valence-corrected chi connectivity index (χ1v) is 7.61. The summed E-state index contributed by atoms with van der Waals surface area (Å²) in [5, 5.41) is 10.5. The fraction of sp³-hybridized carbons (Fsp3) is 0.647. The van der Waals surface area contributed by atoms with E-state index in [-0.39, 0.29) is 0 Å². The van der Waals surface area contributed by atoms with Crippen molar-refractivity contribution in [2.45, 2.75) is 38.8 Å². The van der Waals surface area contributed by atoms with E-state index in [0.29, 0.717) is 12.6 Å². The summed E-state index contributed by atoms with van der Waals surface area (Å²) in [7, 11) is 4.31. The molecule has 0 aliphatic carbocycles. The molecule has 2 unspecified atom stereocenters. The van der Waals surface area contributed by atoms with E-state index in [1.54, 1.807) is 0 Å². The Bertz CT molecular complexity index is 447. The summed E-state index contributed by atoms with van der Waals surface area (Å²) in [6.07, 6.45) is 2.18. The first-order valence-electron chi connectivity index (χ1n) is 7.61. The van der Waals surface area contributed by atoms with Crippen molar-refractivity contribution >= 4 is 0 Å². The molecule has 1 heterocycles. The number of hydrogen-bond donors (Lipinski definition) is 1. The number of hydrogen-bond acceptors (Lipinski definition) is 3. The Kier molecular flexibility index (Phi) is 5.19. The summed E-state index contributed by atoms with van der Waals surface area (Å²) in [5.41, 5.74) is 3.45. The third-order valence-corrected chi connectivity index (χ3v) is 4.47. The second-order valence-electron chi connectivity index (χ2n) is 6.37. The van der Waals surface area contributed by atoms with Crippen LogP contribution in [0.15, 0.2) is 18.2 Å². The average molecular weight is 276 g/mol. The highest BCUT2D eigenvalue weighted by molar-refractivity contribution is 5.32. The smallest absolute Gasteiger partial charge is 0.0919 e. The van der Waals surface area contributed by atoms with Gasteiger partial charge in [0.15, 0.2) is 0 Å². The minimum Gasteiger partial charge on any atom is -0.387 e. The van der Waals surface area contributed by atoms with E-state index in [0.717, 1.165) is 12.1 Å². The number of likely N-dealkylation sites (N-methyl/N-ethyl adjacent to an activating group) is 2. The highest BCUT2D eigenvalue weighted by Crippen LogP contribution is 2.21. The lowest BCUT2D eigenvalue weighted by atomic mass is 10.0. The summed E-state index contributed by atoms with van der Waals surface area (Å²) in [4.78, 5) is 4.69. The van der Waals surface area contributed by atoms with Gasteiger partial charge in [-0.05, 0) is 58.5 Å². The molecule has 1 aliphatic rings. The molecule has 0 aromatic heterocycles. The van der Waals surface area contributed by atoms with Gasteiger partial charge in [-0.2, -0.15) is 0 Å². The topological polar surface area (TPSA) is 26.7 Å². The Morgan fingerprint density at radius 1 is 1.40 bits per heavy atom. The van der Waals surface area contributed by atoms with Gasteiger partial charge in [0.25, 0.3) is 0 Å². The van der Waals surface area contributed by atoms with Crippen molar-refractivity contribution < 1.29 is 5.11 Å². The molecule has 1 aromatic rings. The second kappa shape index (κ2) is 6.70. The molecule has 3 nitrogen and oxygen atoms in total. The normalized spacial score (nSPS) is 21.6. The van der Waals surface area contributed by atoms with Gasteiger partial charge in [0.2, 0.25) is 0 Å². The maximum Gasteiger partial charge on any atom is 0.0919 e. The molecule has 1 aromatic carbocycles. The zero-order valence-corrected chi connectivity index (χ0v) is 13.3. The molecule has 0 saturated carbocycles. The molecule has 3 heteroatoms. The molecular weight excluding hydrogens is 248 g/mol. The van der Waals surface area contributed by atoms with Gasteiger partial charge in [-0.15, -0.1) is 0 Å². The minimum atomic E-state index is -0.397. The molecule has 1 saturated heterocycles. The molecule has 112 valence electrons. The summed E-state index contributed by atoms with van der Waals surface area (Å²) < 4.78 is 0. The van der Waals surface area contributed by atoms with Gasteiger partial charge in [0.1, 0.15) is 0 Å². The van der Waals surface area contributed by atoms with Crippen LogP contribution in [0.5, 0.6) is 0 Å². The third kappa shape index (κ3) is 3.81. The highest BCUT2D eigenvalue weighted by Gasteiger charge is 2.23. The number of nitrogens with zero attached hydrogens (tertiary/aromatic N) is 2. The molecule has 0 radical (unpaired) electrons. The largest absolute Gasteiger partial charge is 0.387 e. The van der Waals surface area contributed by atoms with Crippen LogP contribution in [0, 0.1) is 13.8 Å². The molecule has 0 bridgehead atoms. The molecule has 20 heavy (non-hydrogen) atoms. The van der Waals surface area contributed by atoms with Gasteiger partial charge in [0, 0.05) is 19.1 Å². The van der Waals surface area contributed by atoms with Crippen LogP contribution in [0.4, 0.5) is 0 Å². The standard InChI is InChI=1S/C17H28N2O/c1-13-7-8-14(2)16(10-13)17(20)12-18(3)11-15-6-5-9-19(15)4/h7-8,10,15,17,20H,5-6,9,11-12H2,1-4H3. The summed E-state index contributed by atoms with van der Waals surface area (Å²) >= 11 is 0. The maximum absolute atomic E-state index is 10.5. The van der Waals surface area contributed by atoms with Crippen LogP contribution in [-0.4, -0.2) is 54.7 Å². The Labute approximate surface area is 123 Å². The number of aryl methyl sites for hydroxylation is 2. The van der Waals surface area contributed by atoms with Crippen LogP contribution in [0.3, 0.4) is 0 Å². The van der Waals surface area contributed by atoms with E-state index in [9.17, 15) is 5.11 Å². The van der Waals surface area contributed by atoms with E-state index in [2.05, 4.69) is 55.9 Å². The van der Waals surface area contributed by atoms with Crippen LogP contribution in [-0.2, 0) is 0 Å². The zero-order chi connectivity index (χ0) is 14.7. The number of aliphatic hydroxyl groups excluding tert-OH is 1. The van der Waals surface area contributed by atoms with Crippen LogP contribution in [0.25, 0.3) is 0 Å². The van der Waals surface area contributed by atoms with E-state index in [1.807, 2.05) is 0 Å². The van der Waals surface area contributed by atoms with Crippen LogP contribution in [0.2, 0.25) is 0 Å². The van der Waals surface area contributed by atoms with E-state index in [1.165, 1.54) is 30.5 Å². The van der Waals surface area contributed by atoms with Crippen LogP contribution < -0.4 is 0 Å². The van der Waals surface area contributed by atoms with Gasteiger partial charge in [-0.3, -0.25) is 0 Å². The fourth-order valence-corrected chi connectivity index (χ4v) is 3.16. The van der Waals surface area contributed by atoms with Crippen molar-refractivity contribution in [2.24, 2.45) is 0 Å². The van der Waals surface area contributed by atoms with E-state index >= 15 is 0 Å². The van der Waals surface area contributed by atoms with E-state index in [4.69, 9.17) is 0 Å². The first-order chi connectivity index (χ1) is 9.47. The summed E-state index contributed by atoms with van der Waals surface area (Å²) in [5.74, 6) is 0. The number of rotatable bonds is 5. The Hall–Kier alpha value is -0.900. The number of benzene rings is 1. The summed E-state index contributed by atoms with van der Waals surface area (Å²) in [6, 6.07) is 6.95. The minimum absolute atomic E-state index is 0.397. The quantitative estimate of drug-likeness (QED) is 0.894. The van der Waals surface area contributed by atoms with Gasteiger partial charge in [-0.1, -0.05) is 23.8 Å². The highest BCUT2D eigenvalue weighted by atomic mass is 16.3. The molecule has 2 rings (SSSR count). The van der Waals surface area contributed by atoms with Gasteiger partial charge < -0.3 is 14.9 Å². The lowest BCUT2D eigenvalue weighted by Crippen LogP contribution is -2.38. The zero-order valence-electron chi connectivity index (χ0n) is 13.3. The molecule has 1 aliphatic heterocycles. The first kappa shape index (κ1) is 15.5. The van der Waals surface area contributed by atoms with Crippen LogP contribution >= 0.6 is 0 Å². The molecule has 0 spiro atoms. The van der Waals surface area contributed by atoms with Gasteiger partial charge in [0.05, 0.1) is 6.10 Å². The predicted molar refractivity (Wildman–Crippen MR) is 84.0 cm³/mol. The molecule has 0 amide bonds. The fourth-order valence-electron chi connectivity index (χ4n) is 3.16. The Morgan fingerprint density at radius 3 is 2.80 bits per heavy atom. The maximum atomic E-state index is 10.5. The third-order valence-electron chi connectivity index (χ3n) is 4.47. The number of aliphatic hydroxyl groups is 1. The van der Waals surface area contributed by atoms with Gasteiger partial charge >= 0.3 is 0 Å². The summed E-state index contributed by atoms with van der Waals surface area (Å²) in [6.45, 7) is 7.10. The SMILES string of the molecule is Cc1ccc(C)c(C(O)CN(C)CC2CCCN2C)c1. The average Bonchev–Trinajstić information content (AvgIpc) is 2.77. The molecule has 2 atom stereocenters. The number of likely N-dealkylation sites (tertiary alicyclic amines) is 1. The predicted octanol–water partition coefficient (Wildman–Crippen LogP) is 2.36. The lowest BCUT2D eigenvalue weighted by Gasteiger charge is -2.27.